The van der Waals surface area contributed by atoms with Crippen molar-refractivity contribution in [1.29, 1.82) is 0 Å². The fraction of sp³-hybridized carbons (Fsp3) is 0.742. The number of thioether (sulfide) groups is 1. The standard InChI is InChI=1S/C31H52O5S/c32-30(33)24-17-15-13-11-9-7-5-3-1-2-4-6-8-10-12-14-16-20-27-37-29-23-19-18-22-28(29)36-26-21-25-31(34)35/h18-19,22-23H,1-17,20-21,24-27H2,(H,32,33)(H,34,35). The SMILES string of the molecule is O=C(O)CCCCCCCCCCCCCCCCCCCCSc1ccccc1OCCCC(=O)O. The Morgan fingerprint density at radius 2 is 0.973 bits per heavy atom. The van der Waals surface area contributed by atoms with Gasteiger partial charge in [0.2, 0.25) is 0 Å². The molecular weight excluding hydrogens is 484 g/mol. The van der Waals surface area contributed by atoms with Crippen LogP contribution in [0.5, 0.6) is 5.75 Å². The second-order valence-electron chi connectivity index (χ2n) is 10.1. The number of unbranched alkanes of at least 4 members (excludes halogenated alkanes) is 17. The number of hydrogen-bond acceptors (Lipinski definition) is 4. The van der Waals surface area contributed by atoms with Crippen LogP contribution in [0.15, 0.2) is 29.2 Å². The minimum atomic E-state index is -0.774. The van der Waals surface area contributed by atoms with Crippen molar-refractivity contribution < 1.29 is 24.5 Å². The molecule has 5 nitrogen and oxygen atoms in total. The van der Waals surface area contributed by atoms with Crippen LogP contribution in [0.3, 0.4) is 0 Å². The molecule has 0 aromatic heterocycles. The van der Waals surface area contributed by atoms with Gasteiger partial charge in [0.1, 0.15) is 5.75 Å². The molecule has 0 heterocycles. The number of carbonyl (C=O) groups is 2. The summed E-state index contributed by atoms with van der Waals surface area (Å²) in [5, 5.41) is 17.4. The first-order chi connectivity index (χ1) is 18.1. The van der Waals surface area contributed by atoms with E-state index in [0.29, 0.717) is 19.4 Å². The minimum Gasteiger partial charge on any atom is -0.492 e. The molecule has 2 N–H and O–H groups in total. The van der Waals surface area contributed by atoms with E-state index >= 15 is 0 Å². The van der Waals surface area contributed by atoms with E-state index in [1.807, 2.05) is 30.0 Å². The number of aliphatic carboxylic acids is 2. The summed E-state index contributed by atoms with van der Waals surface area (Å²) in [6, 6.07) is 8.06. The third kappa shape index (κ3) is 22.0. The molecule has 6 heteroatoms. The molecule has 0 aliphatic heterocycles. The zero-order chi connectivity index (χ0) is 26.8. The van der Waals surface area contributed by atoms with Gasteiger partial charge in [0, 0.05) is 17.7 Å². The van der Waals surface area contributed by atoms with Crippen LogP contribution < -0.4 is 4.74 Å². The summed E-state index contributed by atoms with van der Waals surface area (Å²) in [6.45, 7) is 0.448. The molecule has 0 atom stereocenters. The van der Waals surface area contributed by atoms with Crippen LogP contribution >= 0.6 is 11.8 Å². The highest BCUT2D eigenvalue weighted by Gasteiger charge is 2.05. The number of rotatable bonds is 27. The third-order valence-electron chi connectivity index (χ3n) is 6.68. The Balaban J connectivity index is 1.83. The molecule has 0 fully saturated rings. The first kappa shape index (κ1) is 33.3. The number of benzene rings is 1. The van der Waals surface area contributed by atoms with Crippen LogP contribution in [-0.4, -0.2) is 34.5 Å². The molecule has 1 aromatic rings. The van der Waals surface area contributed by atoms with Gasteiger partial charge in [0.05, 0.1) is 6.61 Å². The number of hydrogen-bond donors (Lipinski definition) is 2. The van der Waals surface area contributed by atoms with Crippen LogP contribution in [0.1, 0.15) is 135 Å². The molecule has 37 heavy (non-hydrogen) atoms. The normalized spacial score (nSPS) is 11.0. The molecule has 0 aliphatic carbocycles. The predicted molar refractivity (Wildman–Crippen MR) is 155 cm³/mol. The average Bonchev–Trinajstić information content (AvgIpc) is 2.88. The van der Waals surface area contributed by atoms with Gasteiger partial charge in [-0.1, -0.05) is 115 Å². The largest absolute Gasteiger partial charge is 0.492 e. The van der Waals surface area contributed by atoms with E-state index in [2.05, 4.69) is 6.07 Å². The van der Waals surface area contributed by atoms with Crippen molar-refractivity contribution in [2.75, 3.05) is 12.4 Å². The van der Waals surface area contributed by atoms with Crippen LogP contribution in [0, 0.1) is 0 Å². The van der Waals surface area contributed by atoms with Crippen molar-refractivity contribution in [2.24, 2.45) is 0 Å². The zero-order valence-corrected chi connectivity index (χ0v) is 23.9. The van der Waals surface area contributed by atoms with Gasteiger partial charge in [0.15, 0.2) is 0 Å². The summed E-state index contributed by atoms with van der Waals surface area (Å²) in [7, 11) is 0. The van der Waals surface area contributed by atoms with Gasteiger partial charge in [-0.05, 0) is 37.1 Å². The molecule has 0 radical (unpaired) electrons. The molecule has 0 bridgehead atoms. The Bertz CT molecular complexity index is 694. The lowest BCUT2D eigenvalue weighted by Gasteiger charge is -2.10. The van der Waals surface area contributed by atoms with Crippen molar-refractivity contribution in [3.05, 3.63) is 24.3 Å². The summed E-state index contributed by atoms with van der Waals surface area (Å²) in [4.78, 5) is 22.2. The van der Waals surface area contributed by atoms with Gasteiger partial charge in [-0.2, -0.15) is 0 Å². The van der Waals surface area contributed by atoms with E-state index in [9.17, 15) is 9.59 Å². The molecule has 0 spiro atoms. The Hall–Kier alpha value is -1.69. The zero-order valence-electron chi connectivity index (χ0n) is 23.1. The Kier molecular flexibility index (Phi) is 22.2. The minimum absolute atomic E-state index is 0.150. The lowest BCUT2D eigenvalue weighted by Crippen LogP contribution is -2.02. The fourth-order valence-corrected chi connectivity index (χ4v) is 5.50. The molecule has 0 saturated heterocycles. The summed E-state index contributed by atoms with van der Waals surface area (Å²) in [5.41, 5.74) is 0. The maximum atomic E-state index is 10.6. The topological polar surface area (TPSA) is 83.8 Å². The van der Waals surface area contributed by atoms with Crippen molar-refractivity contribution in [3.8, 4) is 5.75 Å². The Morgan fingerprint density at radius 1 is 0.568 bits per heavy atom. The molecule has 212 valence electrons. The van der Waals surface area contributed by atoms with Gasteiger partial charge < -0.3 is 14.9 Å². The van der Waals surface area contributed by atoms with Crippen molar-refractivity contribution in [1.82, 2.24) is 0 Å². The molecule has 0 aliphatic rings. The Morgan fingerprint density at radius 3 is 1.46 bits per heavy atom. The molecule has 1 rings (SSSR count). The van der Waals surface area contributed by atoms with E-state index < -0.39 is 11.9 Å². The number of ether oxygens (including phenoxy) is 1. The highest BCUT2D eigenvalue weighted by Crippen LogP contribution is 2.30. The fourth-order valence-electron chi connectivity index (χ4n) is 4.48. The maximum Gasteiger partial charge on any atom is 0.303 e. The number of carboxylic acids is 2. The molecule has 0 amide bonds. The van der Waals surface area contributed by atoms with Crippen LogP contribution in [0.25, 0.3) is 0 Å². The second kappa shape index (κ2) is 24.6. The van der Waals surface area contributed by atoms with Crippen LogP contribution in [0.4, 0.5) is 0 Å². The van der Waals surface area contributed by atoms with E-state index in [-0.39, 0.29) is 6.42 Å². The van der Waals surface area contributed by atoms with E-state index in [4.69, 9.17) is 14.9 Å². The molecule has 0 saturated carbocycles. The molecular formula is C31H52O5S. The summed E-state index contributed by atoms with van der Waals surface area (Å²) >= 11 is 1.84. The van der Waals surface area contributed by atoms with E-state index in [1.54, 1.807) is 0 Å². The van der Waals surface area contributed by atoms with Crippen LogP contribution in [0.2, 0.25) is 0 Å². The highest BCUT2D eigenvalue weighted by molar-refractivity contribution is 7.99. The summed E-state index contributed by atoms with van der Waals surface area (Å²) in [6.07, 6.45) is 24.2. The lowest BCUT2D eigenvalue weighted by molar-refractivity contribution is -0.138. The first-order valence-electron chi connectivity index (χ1n) is 14.9. The number of para-hydroxylation sites is 1. The van der Waals surface area contributed by atoms with Crippen molar-refractivity contribution >= 4 is 23.7 Å². The molecule has 1 aromatic carbocycles. The Labute approximate surface area is 230 Å². The average molecular weight is 537 g/mol. The van der Waals surface area contributed by atoms with Gasteiger partial charge in [0.25, 0.3) is 0 Å². The number of carboxylic acid groups (broad SMARTS) is 2. The maximum absolute atomic E-state index is 10.6. The summed E-state index contributed by atoms with van der Waals surface area (Å²) in [5.74, 6) is 0.535. The first-order valence-corrected chi connectivity index (χ1v) is 15.9. The van der Waals surface area contributed by atoms with E-state index in [1.165, 1.54) is 103 Å². The smallest absolute Gasteiger partial charge is 0.303 e. The van der Waals surface area contributed by atoms with Gasteiger partial charge in [-0.3, -0.25) is 9.59 Å². The molecule has 0 unspecified atom stereocenters. The van der Waals surface area contributed by atoms with Gasteiger partial charge in [-0.15, -0.1) is 11.8 Å². The highest BCUT2D eigenvalue weighted by atomic mass is 32.2. The van der Waals surface area contributed by atoms with E-state index in [0.717, 1.165) is 29.2 Å². The quantitative estimate of drug-likeness (QED) is 0.0860. The monoisotopic (exact) mass is 536 g/mol. The van der Waals surface area contributed by atoms with Crippen LogP contribution in [-0.2, 0) is 9.59 Å². The van der Waals surface area contributed by atoms with Crippen molar-refractivity contribution in [2.45, 2.75) is 140 Å². The van der Waals surface area contributed by atoms with Gasteiger partial charge >= 0.3 is 11.9 Å². The summed E-state index contributed by atoms with van der Waals surface area (Å²) < 4.78 is 5.79. The van der Waals surface area contributed by atoms with Gasteiger partial charge in [-0.25, -0.2) is 0 Å². The predicted octanol–water partition coefficient (Wildman–Crippen LogP) is 9.52. The lowest BCUT2D eigenvalue weighted by atomic mass is 10.0. The second-order valence-corrected chi connectivity index (χ2v) is 11.3. The van der Waals surface area contributed by atoms with Crippen molar-refractivity contribution in [3.63, 3.8) is 0 Å². The third-order valence-corrected chi connectivity index (χ3v) is 7.83.